The zero-order valence-corrected chi connectivity index (χ0v) is 23.3. The normalized spacial score (nSPS) is 11.6. The summed E-state index contributed by atoms with van der Waals surface area (Å²) in [4.78, 5) is 30.2. The summed E-state index contributed by atoms with van der Waals surface area (Å²) in [7, 11) is 0. The standard InChI is InChI=1S/C33H31N3O4/c1-6-39-31-17-21(4)28(18-27(31)20(2)3)32-35-29-10-8-7-9-26(29)33(38)36(32)34-19-25-15-16-30(40-25)24-13-11-23(12-14-24)22(5)37/h7-20H,6H2,1-5H3. The van der Waals surface area contributed by atoms with E-state index in [1.807, 2.05) is 62.4 Å². The van der Waals surface area contributed by atoms with Gasteiger partial charge in [0.1, 0.15) is 17.3 Å². The maximum Gasteiger partial charge on any atom is 0.282 e. The van der Waals surface area contributed by atoms with Crippen LogP contribution < -0.4 is 10.3 Å². The number of nitrogens with zero attached hydrogens (tertiary/aromatic N) is 3. The lowest BCUT2D eigenvalue weighted by atomic mass is 9.96. The molecule has 5 aromatic rings. The van der Waals surface area contributed by atoms with Crippen LogP contribution in [0.4, 0.5) is 0 Å². The van der Waals surface area contributed by atoms with Crippen LogP contribution in [0.2, 0.25) is 0 Å². The zero-order valence-electron chi connectivity index (χ0n) is 23.3. The molecule has 7 heteroatoms. The van der Waals surface area contributed by atoms with Gasteiger partial charge in [-0.3, -0.25) is 9.59 Å². The number of para-hydroxylation sites is 1. The number of aromatic nitrogens is 2. The van der Waals surface area contributed by atoms with Gasteiger partial charge in [-0.1, -0.05) is 50.2 Å². The van der Waals surface area contributed by atoms with Gasteiger partial charge in [-0.05, 0) is 74.2 Å². The Bertz CT molecular complexity index is 1790. The molecule has 3 aromatic carbocycles. The first-order chi connectivity index (χ1) is 19.3. The Kier molecular flexibility index (Phi) is 7.47. The molecule has 0 atom stereocenters. The van der Waals surface area contributed by atoms with Crippen LogP contribution >= 0.6 is 0 Å². The van der Waals surface area contributed by atoms with E-state index in [0.717, 1.165) is 28.0 Å². The summed E-state index contributed by atoms with van der Waals surface area (Å²) < 4.78 is 13.2. The smallest absolute Gasteiger partial charge is 0.282 e. The van der Waals surface area contributed by atoms with Crippen molar-refractivity contribution in [1.29, 1.82) is 0 Å². The van der Waals surface area contributed by atoms with Gasteiger partial charge in [0, 0.05) is 16.7 Å². The lowest BCUT2D eigenvalue weighted by Crippen LogP contribution is -2.20. The third-order valence-electron chi connectivity index (χ3n) is 6.78. The number of fused-ring (bicyclic) bond motifs is 1. The highest BCUT2D eigenvalue weighted by atomic mass is 16.5. The second kappa shape index (κ2) is 11.1. The van der Waals surface area contributed by atoms with Crippen molar-refractivity contribution in [2.75, 3.05) is 6.61 Å². The first-order valence-electron chi connectivity index (χ1n) is 13.3. The Hall–Kier alpha value is -4.78. The molecule has 0 aliphatic carbocycles. The molecule has 0 N–H and O–H groups in total. The third-order valence-corrected chi connectivity index (χ3v) is 6.78. The SMILES string of the molecule is CCOc1cc(C)c(-c2nc3ccccc3c(=O)n2N=Cc2ccc(-c3ccc(C(C)=O)cc3)o2)cc1C(C)C. The largest absolute Gasteiger partial charge is 0.494 e. The number of carbonyl (C=O) groups excluding carboxylic acids is 1. The molecule has 0 aliphatic heterocycles. The number of benzene rings is 3. The zero-order chi connectivity index (χ0) is 28.4. The molecule has 0 bridgehead atoms. The van der Waals surface area contributed by atoms with E-state index in [1.165, 1.54) is 17.8 Å². The van der Waals surface area contributed by atoms with Gasteiger partial charge in [-0.2, -0.15) is 9.78 Å². The molecular formula is C33H31N3O4. The number of hydrogen-bond acceptors (Lipinski definition) is 6. The quantitative estimate of drug-likeness (QED) is 0.155. The van der Waals surface area contributed by atoms with Gasteiger partial charge in [-0.15, -0.1) is 0 Å². The van der Waals surface area contributed by atoms with Gasteiger partial charge >= 0.3 is 0 Å². The van der Waals surface area contributed by atoms with Crippen molar-refractivity contribution >= 4 is 22.9 Å². The predicted molar refractivity (Wildman–Crippen MR) is 159 cm³/mol. The van der Waals surface area contributed by atoms with Crippen LogP contribution in [0.5, 0.6) is 5.75 Å². The lowest BCUT2D eigenvalue weighted by Gasteiger charge is -2.18. The monoisotopic (exact) mass is 533 g/mol. The highest BCUT2D eigenvalue weighted by molar-refractivity contribution is 5.94. The van der Waals surface area contributed by atoms with Crippen LogP contribution in [-0.4, -0.2) is 28.3 Å². The van der Waals surface area contributed by atoms with E-state index < -0.39 is 0 Å². The average molecular weight is 534 g/mol. The minimum Gasteiger partial charge on any atom is -0.494 e. The fourth-order valence-electron chi connectivity index (χ4n) is 4.64. The Morgan fingerprint density at radius 3 is 2.52 bits per heavy atom. The number of aryl methyl sites for hydroxylation is 1. The number of ketones is 1. The van der Waals surface area contributed by atoms with Crippen LogP contribution in [-0.2, 0) is 0 Å². The number of hydrogen-bond donors (Lipinski definition) is 0. The molecule has 40 heavy (non-hydrogen) atoms. The second-order valence-corrected chi connectivity index (χ2v) is 9.94. The van der Waals surface area contributed by atoms with Gasteiger partial charge in [0.15, 0.2) is 11.6 Å². The summed E-state index contributed by atoms with van der Waals surface area (Å²) in [5.41, 5.74) is 4.56. The summed E-state index contributed by atoms with van der Waals surface area (Å²) in [6.45, 7) is 10.3. The van der Waals surface area contributed by atoms with Crippen molar-refractivity contribution < 1.29 is 13.9 Å². The predicted octanol–water partition coefficient (Wildman–Crippen LogP) is 7.24. The molecule has 5 rings (SSSR count). The Morgan fingerprint density at radius 1 is 1.07 bits per heavy atom. The van der Waals surface area contributed by atoms with E-state index in [-0.39, 0.29) is 17.3 Å². The summed E-state index contributed by atoms with van der Waals surface area (Å²) >= 11 is 0. The van der Waals surface area contributed by atoms with Crippen molar-refractivity contribution in [3.8, 4) is 28.5 Å². The molecule has 0 amide bonds. The number of ether oxygens (including phenoxy) is 1. The lowest BCUT2D eigenvalue weighted by molar-refractivity contribution is 0.101. The van der Waals surface area contributed by atoms with E-state index >= 15 is 0 Å². The van der Waals surface area contributed by atoms with E-state index in [9.17, 15) is 9.59 Å². The van der Waals surface area contributed by atoms with E-state index in [0.29, 0.717) is 40.4 Å². The van der Waals surface area contributed by atoms with Gasteiger partial charge < -0.3 is 9.15 Å². The molecule has 0 saturated heterocycles. The average Bonchev–Trinajstić information content (AvgIpc) is 3.42. The van der Waals surface area contributed by atoms with Gasteiger partial charge in [0.2, 0.25) is 0 Å². The van der Waals surface area contributed by atoms with Crippen LogP contribution in [0.25, 0.3) is 33.6 Å². The third kappa shape index (κ3) is 5.23. The highest BCUT2D eigenvalue weighted by Crippen LogP contribution is 2.34. The van der Waals surface area contributed by atoms with Crippen LogP contribution in [0.3, 0.4) is 0 Å². The fraction of sp³-hybridized carbons (Fsp3) is 0.212. The molecule has 2 aromatic heterocycles. The molecule has 202 valence electrons. The molecule has 7 nitrogen and oxygen atoms in total. The van der Waals surface area contributed by atoms with Crippen molar-refractivity contribution in [2.45, 2.75) is 40.5 Å². The molecule has 0 unspecified atom stereocenters. The van der Waals surface area contributed by atoms with Crippen molar-refractivity contribution in [2.24, 2.45) is 5.10 Å². The topological polar surface area (TPSA) is 86.7 Å². The van der Waals surface area contributed by atoms with Crippen LogP contribution in [0, 0.1) is 6.92 Å². The maximum atomic E-state index is 13.7. The van der Waals surface area contributed by atoms with Gasteiger partial charge in [0.05, 0.1) is 23.7 Å². The minimum absolute atomic E-state index is 0.00680. The maximum absolute atomic E-state index is 13.7. The minimum atomic E-state index is -0.275. The van der Waals surface area contributed by atoms with Crippen molar-refractivity contribution in [3.05, 3.63) is 106 Å². The van der Waals surface area contributed by atoms with Crippen molar-refractivity contribution in [1.82, 2.24) is 9.66 Å². The van der Waals surface area contributed by atoms with Gasteiger partial charge in [0.25, 0.3) is 5.56 Å². The first kappa shape index (κ1) is 26.8. The van der Waals surface area contributed by atoms with E-state index in [2.05, 4.69) is 18.9 Å². The Balaban J connectivity index is 1.61. The molecule has 0 fully saturated rings. The summed E-state index contributed by atoms with van der Waals surface area (Å²) in [6, 6.07) is 22.1. The van der Waals surface area contributed by atoms with Gasteiger partial charge in [-0.25, -0.2) is 4.98 Å². The summed E-state index contributed by atoms with van der Waals surface area (Å²) in [6.07, 6.45) is 1.52. The number of furan rings is 1. The summed E-state index contributed by atoms with van der Waals surface area (Å²) in [5, 5.41) is 5.04. The molecule has 0 spiro atoms. The molecule has 2 heterocycles. The van der Waals surface area contributed by atoms with Crippen LogP contribution in [0.15, 0.2) is 87.1 Å². The summed E-state index contributed by atoms with van der Waals surface area (Å²) in [5.74, 6) is 2.58. The second-order valence-electron chi connectivity index (χ2n) is 9.94. The van der Waals surface area contributed by atoms with Crippen LogP contribution in [0.1, 0.15) is 60.9 Å². The molecule has 0 radical (unpaired) electrons. The number of Topliss-reactive ketones (excluding diaryl/α,β-unsaturated/α-hetero) is 1. The fourth-order valence-corrected chi connectivity index (χ4v) is 4.64. The first-order valence-corrected chi connectivity index (χ1v) is 13.3. The Morgan fingerprint density at radius 2 is 1.82 bits per heavy atom. The molecule has 0 saturated carbocycles. The number of carbonyl (C=O) groups is 1. The highest BCUT2D eigenvalue weighted by Gasteiger charge is 2.18. The molecular weight excluding hydrogens is 502 g/mol. The van der Waals surface area contributed by atoms with Crippen molar-refractivity contribution in [3.63, 3.8) is 0 Å². The van der Waals surface area contributed by atoms with E-state index in [4.69, 9.17) is 14.1 Å². The van der Waals surface area contributed by atoms with E-state index in [1.54, 1.807) is 24.3 Å². The molecule has 0 aliphatic rings. The number of rotatable bonds is 8. The Labute approximate surface area is 232 Å².